The van der Waals surface area contributed by atoms with E-state index < -0.39 is 29.6 Å². The van der Waals surface area contributed by atoms with Gasteiger partial charge in [0.1, 0.15) is 17.6 Å². The van der Waals surface area contributed by atoms with Crippen LogP contribution in [0.1, 0.15) is 12.0 Å². The molecule has 0 radical (unpaired) electrons. The van der Waals surface area contributed by atoms with Gasteiger partial charge in [0.05, 0.1) is 12.1 Å². The Labute approximate surface area is 160 Å². The van der Waals surface area contributed by atoms with E-state index in [1.807, 2.05) is 18.2 Å². The first-order valence-corrected chi connectivity index (χ1v) is 8.49. The molecule has 1 heterocycles. The quantitative estimate of drug-likeness (QED) is 0.657. The fraction of sp³-hybridized carbons (Fsp3) is 0.158. The molecule has 144 valence electrons. The number of carbonyl (C=O) groups excluding carboxylic acids is 3. The number of hydrogen-bond acceptors (Lipinski definition) is 5. The number of hydrazine groups is 1. The first-order chi connectivity index (χ1) is 13.4. The van der Waals surface area contributed by atoms with E-state index >= 15 is 0 Å². The molecule has 0 aliphatic carbocycles. The zero-order chi connectivity index (χ0) is 20.1. The van der Waals surface area contributed by atoms with Crippen LogP contribution in [0, 0.1) is 5.82 Å². The summed E-state index contributed by atoms with van der Waals surface area (Å²) in [6.07, 6.45) is 0.0618. The number of anilines is 1. The van der Waals surface area contributed by atoms with Crippen LogP contribution in [0.5, 0.6) is 0 Å². The summed E-state index contributed by atoms with van der Waals surface area (Å²) in [6.45, 7) is 0. The number of nitrogens with zero attached hydrogens (tertiary/aromatic N) is 2. The summed E-state index contributed by atoms with van der Waals surface area (Å²) in [4.78, 5) is 36.0. The van der Waals surface area contributed by atoms with E-state index in [2.05, 4.69) is 16.0 Å². The van der Waals surface area contributed by atoms with Gasteiger partial charge in [0.25, 0.3) is 5.91 Å². The largest absolute Gasteiger partial charge is 0.368 e. The van der Waals surface area contributed by atoms with Crippen molar-refractivity contribution < 1.29 is 18.8 Å². The second-order valence-corrected chi connectivity index (χ2v) is 6.15. The van der Waals surface area contributed by atoms with Crippen LogP contribution in [-0.4, -0.2) is 29.5 Å². The van der Waals surface area contributed by atoms with E-state index in [-0.39, 0.29) is 18.6 Å². The van der Waals surface area contributed by atoms with E-state index in [4.69, 9.17) is 5.73 Å². The highest BCUT2D eigenvalue weighted by atomic mass is 19.1. The third-order valence-corrected chi connectivity index (χ3v) is 4.12. The van der Waals surface area contributed by atoms with Gasteiger partial charge in [-0.3, -0.25) is 30.2 Å². The summed E-state index contributed by atoms with van der Waals surface area (Å²) < 4.78 is 13.1. The Kier molecular flexibility index (Phi) is 5.64. The summed E-state index contributed by atoms with van der Waals surface area (Å²) in [5.41, 5.74) is 11.2. The monoisotopic (exact) mass is 383 g/mol. The van der Waals surface area contributed by atoms with Crippen molar-refractivity contribution in [1.29, 1.82) is 0 Å². The van der Waals surface area contributed by atoms with Crippen LogP contribution >= 0.6 is 0 Å². The van der Waals surface area contributed by atoms with Crippen molar-refractivity contribution in [2.75, 3.05) is 5.01 Å². The van der Waals surface area contributed by atoms with Crippen molar-refractivity contribution in [2.24, 2.45) is 10.8 Å². The Bertz CT molecular complexity index is 915. The summed E-state index contributed by atoms with van der Waals surface area (Å²) in [5, 5.41) is 5.38. The summed E-state index contributed by atoms with van der Waals surface area (Å²) in [7, 11) is 0. The Morgan fingerprint density at radius 1 is 1.07 bits per heavy atom. The lowest BCUT2D eigenvalue weighted by Gasteiger charge is -2.20. The van der Waals surface area contributed by atoms with Gasteiger partial charge in [0, 0.05) is 6.42 Å². The lowest BCUT2D eigenvalue weighted by atomic mass is 10.1. The number of halogens is 1. The molecule has 0 saturated carbocycles. The minimum Gasteiger partial charge on any atom is -0.368 e. The first kappa shape index (κ1) is 19.0. The van der Waals surface area contributed by atoms with E-state index in [0.29, 0.717) is 5.69 Å². The highest BCUT2D eigenvalue weighted by molar-refractivity contribution is 6.40. The van der Waals surface area contributed by atoms with Crippen LogP contribution in [0.25, 0.3) is 0 Å². The molecule has 0 unspecified atom stereocenters. The van der Waals surface area contributed by atoms with Crippen LogP contribution in [0.15, 0.2) is 59.7 Å². The van der Waals surface area contributed by atoms with E-state index in [9.17, 15) is 18.8 Å². The van der Waals surface area contributed by atoms with Crippen LogP contribution in [0.3, 0.4) is 0 Å². The van der Waals surface area contributed by atoms with Gasteiger partial charge in [0.2, 0.25) is 11.8 Å². The highest BCUT2D eigenvalue weighted by Crippen LogP contribution is 2.24. The van der Waals surface area contributed by atoms with Gasteiger partial charge in [-0.05, 0) is 29.8 Å². The molecule has 0 aromatic heterocycles. The van der Waals surface area contributed by atoms with Gasteiger partial charge in [0.15, 0.2) is 0 Å². The molecular formula is C19H18FN5O3. The van der Waals surface area contributed by atoms with Gasteiger partial charge in [-0.25, -0.2) is 4.39 Å². The lowest BCUT2D eigenvalue weighted by molar-refractivity contribution is -0.125. The second kappa shape index (κ2) is 8.30. The fourth-order valence-electron chi connectivity index (χ4n) is 2.72. The van der Waals surface area contributed by atoms with E-state index in [0.717, 1.165) is 5.56 Å². The maximum Gasteiger partial charge on any atom is 0.285 e. The van der Waals surface area contributed by atoms with Gasteiger partial charge < -0.3 is 5.73 Å². The smallest absolute Gasteiger partial charge is 0.285 e. The molecule has 1 aliphatic rings. The molecule has 9 heteroatoms. The van der Waals surface area contributed by atoms with Crippen molar-refractivity contribution in [2.45, 2.75) is 18.9 Å². The highest BCUT2D eigenvalue weighted by Gasteiger charge is 2.35. The predicted molar refractivity (Wildman–Crippen MR) is 100 cm³/mol. The van der Waals surface area contributed by atoms with Crippen LogP contribution < -0.4 is 21.6 Å². The molecule has 3 rings (SSSR count). The number of primary amides is 1. The standard InChI is InChI=1S/C19H18FN5O3/c20-13-6-8-14(9-7-13)25-16(18(21)27)11-15(24-25)19(28)23-22-17(26)10-12-4-2-1-3-5-12/h1-9,16H,10-11H2,(H2,21,27)(H,22,26)(H,23,28)/t16-/m1/s1. The van der Waals surface area contributed by atoms with Crippen molar-refractivity contribution in [3.05, 3.63) is 66.0 Å². The Morgan fingerprint density at radius 3 is 2.39 bits per heavy atom. The number of amides is 3. The molecule has 1 atom stereocenters. The minimum atomic E-state index is -0.883. The zero-order valence-electron chi connectivity index (χ0n) is 14.8. The fourth-order valence-corrected chi connectivity index (χ4v) is 2.72. The molecule has 4 N–H and O–H groups in total. The Morgan fingerprint density at radius 2 is 1.75 bits per heavy atom. The van der Waals surface area contributed by atoms with Crippen LogP contribution in [-0.2, 0) is 20.8 Å². The second-order valence-electron chi connectivity index (χ2n) is 6.15. The normalized spacial score (nSPS) is 15.7. The average molecular weight is 383 g/mol. The zero-order valence-corrected chi connectivity index (χ0v) is 14.8. The molecule has 2 aromatic carbocycles. The van der Waals surface area contributed by atoms with E-state index in [1.54, 1.807) is 12.1 Å². The molecule has 0 saturated heterocycles. The van der Waals surface area contributed by atoms with Gasteiger partial charge in [-0.2, -0.15) is 5.10 Å². The topological polar surface area (TPSA) is 117 Å². The number of hydrogen-bond donors (Lipinski definition) is 3. The number of benzene rings is 2. The van der Waals surface area contributed by atoms with Crippen molar-refractivity contribution in [1.82, 2.24) is 10.9 Å². The van der Waals surface area contributed by atoms with Crippen LogP contribution in [0.2, 0.25) is 0 Å². The van der Waals surface area contributed by atoms with Crippen LogP contribution in [0.4, 0.5) is 10.1 Å². The Balaban J connectivity index is 1.64. The van der Waals surface area contributed by atoms with Crippen molar-refractivity contribution in [3.63, 3.8) is 0 Å². The molecule has 2 aromatic rings. The summed E-state index contributed by atoms with van der Waals surface area (Å²) in [5.74, 6) is -2.18. The van der Waals surface area contributed by atoms with Crippen molar-refractivity contribution in [3.8, 4) is 0 Å². The van der Waals surface area contributed by atoms with Gasteiger partial charge in [-0.1, -0.05) is 30.3 Å². The van der Waals surface area contributed by atoms with Crippen molar-refractivity contribution >= 4 is 29.1 Å². The molecule has 0 spiro atoms. The number of nitrogens with two attached hydrogens (primary N) is 1. The third kappa shape index (κ3) is 4.50. The molecule has 28 heavy (non-hydrogen) atoms. The first-order valence-electron chi connectivity index (χ1n) is 8.49. The molecule has 0 fully saturated rings. The molecule has 3 amide bonds. The predicted octanol–water partition coefficient (Wildman–Crippen LogP) is 0.636. The molecule has 0 bridgehead atoms. The minimum absolute atomic E-state index is 0.0214. The maximum absolute atomic E-state index is 13.1. The van der Waals surface area contributed by atoms with Gasteiger partial charge >= 0.3 is 0 Å². The average Bonchev–Trinajstić information content (AvgIpc) is 3.13. The molecule has 8 nitrogen and oxygen atoms in total. The molecular weight excluding hydrogens is 365 g/mol. The maximum atomic E-state index is 13.1. The SMILES string of the molecule is NC(=O)[C@H]1CC(C(=O)NNC(=O)Cc2ccccc2)=NN1c1ccc(F)cc1. The summed E-state index contributed by atoms with van der Waals surface area (Å²) >= 11 is 0. The number of rotatable bonds is 5. The Hall–Kier alpha value is -3.75. The third-order valence-electron chi connectivity index (χ3n) is 4.12. The number of carbonyl (C=O) groups is 3. The number of hydrazone groups is 1. The lowest BCUT2D eigenvalue weighted by Crippen LogP contribution is -2.45. The van der Waals surface area contributed by atoms with Gasteiger partial charge in [-0.15, -0.1) is 0 Å². The molecule has 1 aliphatic heterocycles. The summed E-state index contributed by atoms with van der Waals surface area (Å²) in [6, 6.07) is 13.4. The number of nitrogens with one attached hydrogen (secondary N) is 2. The van der Waals surface area contributed by atoms with E-state index in [1.165, 1.54) is 29.3 Å².